The highest BCUT2D eigenvalue weighted by Gasteiger charge is 2.38. The van der Waals surface area contributed by atoms with Crippen LogP contribution in [0.5, 0.6) is 5.75 Å². The maximum absolute atomic E-state index is 14.8. The predicted molar refractivity (Wildman–Crippen MR) is 213 cm³/mol. The number of hydrogen-bond acceptors (Lipinski definition) is 9. The number of benzene rings is 2. The van der Waals surface area contributed by atoms with E-state index in [1.54, 1.807) is 41.5 Å². The van der Waals surface area contributed by atoms with Crippen LogP contribution < -0.4 is 10.6 Å². The standard InChI is InChI=1S/C42H59N5O7S/c1-7-27(4)37(45-39(51)34-15-11-12-20-46(34)6)41(52)47(24-30-13-9-8-10-14-30)35(26(2)3)23-36(49)40-44-33(25-55-40)38(50)43-31(21-28(5)42(53)54)22-29-16-18-32(48)19-17-29/h8-10,13-14,16-19,25-28,31,34-37,48-49H,7,11-12,15,20-24H2,1-6H3,(H,43,50)(H,45,51)(H,53,54). The summed E-state index contributed by atoms with van der Waals surface area (Å²) in [7, 11) is 1.95. The zero-order chi connectivity index (χ0) is 40.2. The van der Waals surface area contributed by atoms with Gasteiger partial charge in [0.1, 0.15) is 28.6 Å². The van der Waals surface area contributed by atoms with Gasteiger partial charge in [-0.15, -0.1) is 11.3 Å². The van der Waals surface area contributed by atoms with Crippen molar-refractivity contribution in [2.24, 2.45) is 17.8 Å². The molecule has 55 heavy (non-hydrogen) atoms. The molecule has 3 amide bonds. The summed E-state index contributed by atoms with van der Waals surface area (Å²) in [6, 6.07) is 14.2. The van der Waals surface area contributed by atoms with Crippen molar-refractivity contribution in [3.8, 4) is 5.75 Å². The largest absolute Gasteiger partial charge is 0.508 e. The predicted octanol–water partition coefficient (Wildman–Crippen LogP) is 5.79. The van der Waals surface area contributed by atoms with Gasteiger partial charge in [0.2, 0.25) is 11.8 Å². The normalized spacial score (nSPS) is 18.1. The van der Waals surface area contributed by atoms with E-state index in [0.717, 1.165) is 48.3 Å². The molecule has 0 aliphatic carbocycles. The lowest BCUT2D eigenvalue weighted by Gasteiger charge is -2.40. The molecule has 1 aromatic heterocycles. The molecule has 1 saturated heterocycles. The number of thiazole rings is 1. The van der Waals surface area contributed by atoms with Crippen molar-refractivity contribution in [3.05, 3.63) is 81.8 Å². The SMILES string of the molecule is CCC(C)C(NC(=O)C1CCCCN1C)C(=O)N(Cc1ccccc1)C(CC(O)c1nc(C(=O)NC(Cc2ccc(O)cc2)CC(C)C(=O)O)cs1)C(C)C. The molecule has 1 fully saturated rings. The van der Waals surface area contributed by atoms with E-state index in [0.29, 0.717) is 17.8 Å². The van der Waals surface area contributed by atoms with Crippen LogP contribution in [-0.2, 0) is 27.3 Å². The quantitative estimate of drug-likeness (QED) is 0.101. The summed E-state index contributed by atoms with van der Waals surface area (Å²) in [6.45, 7) is 10.7. The van der Waals surface area contributed by atoms with E-state index in [4.69, 9.17) is 0 Å². The number of carbonyl (C=O) groups excluding carboxylic acids is 3. The van der Waals surface area contributed by atoms with E-state index in [1.165, 1.54) is 0 Å². The number of nitrogens with zero attached hydrogens (tertiary/aromatic N) is 3. The molecule has 300 valence electrons. The number of aromatic nitrogens is 1. The zero-order valence-corrected chi connectivity index (χ0v) is 33.8. The molecule has 0 spiro atoms. The van der Waals surface area contributed by atoms with E-state index < -0.39 is 42.0 Å². The van der Waals surface area contributed by atoms with Gasteiger partial charge in [-0.2, -0.15) is 0 Å². The van der Waals surface area contributed by atoms with E-state index in [1.807, 2.05) is 65.1 Å². The first-order valence-electron chi connectivity index (χ1n) is 19.5. The van der Waals surface area contributed by atoms with Crippen molar-refractivity contribution in [3.63, 3.8) is 0 Å². The minimum Gasteiger partial charge on any atom is -0.508 e. The van der Waals surface area contributed by atoms with Crippen molar-refractivity contribution in [1.29, 1.82) is 0 Å². The van der Waals surface area contributed by atoms with E-state index >= 15 is 0 Å². The van der Waals surface area contributed by atoms with Crippen LogP contribution in [0.2, 0.25) is 0 Å². The molecule has 7 atom stereocenters. The molecule has 4 rings (SSSR count). The second-order valence-corrected chi connectivity index (χ2v) is 16.4. The fourth-order valence-corrected chi connectivity index (χ4v) is 7.98. The summed E-state index contributed by atoms with van der Waals surface area (Å²) in [5.74, 6) is -2.65. The molecule has 0 bridgehead atoms. The third-order valence-corrected chi connectivity index (χ3v) is 11.8. The lowest BCUT2D eigenvalue weighted by molar-refractivity contribution is -0.143. The average molecular weight is 778 g/mol. The fourth-order valence-electron chi connectivity index (χ4n) is 7.19. The first-order valence-corrected chi connectivity index (χ1v) is 20.4. The number of aliphatic hydroxyl groups is 1. The van der Waals surface area contributed by atoms with Crippen LogP contribution in [0, 0.1) is 17.8 Å². The number of carbonyl (C=O) groups is 4. The molecule has 2 aromatic carbocycles. The minimum atomic E-state index is -1.10. The number of aliphatic carboxylic acids is 1. The number of phenols is 1. The Kier molecular flexibility index (Phi) is 16.2. The molecule has 5 N–H and O–H groups in total. The van der Waals surface area contributed by atoms with Crippen molar-refractivity contribution in [1.82, 2.24) is 25.4 Å². The molecule has 12 nitrogen and oxygen atoms in total. The number of aromatic hydroxyl groups is 1. The number of carboxylic acids is 1. The Labute approximate surface area is 329 Å². The first-order chi connectivity index (χ1) is 26.2. The topological polar surface area (TPSA) is 172 Å². The summed E-state index contributed by atoms with van der Waals surface area (Å²) < 4.78 is 0. The number of amides is 3. The number of carboxylic acid groups (broad SMARTS) is 1. The second kappa shape index (κ2) is 20.5. The van der Waals surface area contributed by atoms with Gasteiger partial charge >= 0.3 is 5.97 Å². The van der Waals surface area contributed by atoms with Gasteiger partial charge in [-0.3, -0.25) is 24.1 Å². The van der Waals surface area contributed by atoms with E-state index in [9.17, 15) is 34.5 Å². The number of nitrogens with one attached hydrogen (secondary N) is 2. The van der Waals surface area contributed by atoms with Gasteiger partial charge in [-0.05, 0) is 74.4 Å². The Morgan fingerprint density at radius 1 is 0.964 bits per heavy atom. The maximum Gasteiger partial charge on any atom is 0.306 e. The number of rotatable bonds is 19. The Hall–Kier alpha value is -4.33. The Balaban J connectivity index is 1.56. The highest BCUT2D eigenvalue weighted by Crippen LogP contribution is 2.30. The fraction of sp³-hybridized carbons (Fsp3) is 0.548. The third kappa shape index (κ3) is 12.3. The summed E-state index contributed by atoms with van der Waals surface area (Å²) in [5, 5.41) is 38.9. The summed E-state index contributed by atoms with van der Waals surface area (Å²) >= 11 is 1.15. The van der Waals surface area contributed by atoms with Gasteiger partial charge in [-0.25, -0.2) is 4.98 Å². The Bertz CT molecular complexity index is 1700. The van der Waals surface area contributed by atoms with Crippen LogP contribution in [0.25, 0.3) is 0 Å². The van der Waals surface area contributed by atoms with Crippen molar-refractivity contribution >= 4 is 35.0 Å². The van der Waals surface area contributed by atoms with Crippen LogP contribution in [0.1, 0.15) is 106 Å². The molecule has 2 heterocycles. The molecule has 13 heteroatoms. The molecule has 0 saturated carbocycles. The number of piperidine rings is 1. The Morgan fingerprint density at radius 3 is 2.27 bits per heavy atom. The molecular weight excluding hydrogens is 719 g/mol. The smallest absolute Gasteiger partial charge is 0.306 e. The van der Waals surface area contributed by atoms with Crippen LogP contribution in [-0.4, -0.2) is 91.6 Å². The lowest BCUT2D eigenvalue weighted by Crippen LogP contribution is -2.58. The number of likely N-dealkylation sites (N-methyl/N-ethyl adjacent to an activating group) is 1. The van der Waals surface area contributed by atoms with E-state index in [2.05, 4.69) is 20.5 Å². The zero-order valence-electron chi connectivity index (χ0n) is 33.0. The number of aliphatic hydroxyl groups excluding tert-OH is 1. The van der Waals surface area contributed by atoms with E-state index in [-0.39, 0.29) is 60.5 Å². The van der Waals surface area contributed by atoms with Crippen molar-refractivity contribution < 1.29 is 34.5 Å². The maximum atomic E-state index is 14.8. The molecule has 7 unspecified atom stereocenters. The Morgan fingerprint density at radius 2 is 1.65 bits per heavy atom. The van der Waals surface area contributed by atoms with Gasteiger partial charge in [0.15, 0.2) is 0 Å². The molecule has 0 radical (unpaired) electrons. The number of likely N-dealkylation sites (tertiary alicyclic amines) is 1. The van der Waals surface area contributed by atoms with Crippen LogP contribution in [0.3, 0.4) is 0 Å². The van der Waals surface area contributed by atoms with Gasteiger partial charge in [0.05, 0.1) is 12.0 Å². The molecule has 1 aliphatic rings. The third-order valence-electron chi connectivity index (χ3n) is 10.8. The molecule has 1 aliphatic heterocycles. The van der Waals surface area contributed by atoms with Crippen LogP contribution >= 0.6 is 11.3 Å². The number of hydrogen-bond donors (Lipinski definition) is 5. The number of phenolic OH excluding ortho intramolecular Hbond substituents is 1. The molecule has 3 aromatic rings. The first kappa shape index (κ1) is 43.4. The highest BCUT2D eigenvalue weighted by molar-refractivity contribution is 7.09. The molecular formula is C42H59N5O7S. The van der Waals surface area contributed by atoms with Crippen LogP contribution in [0.4, 0.5) is 0 Å². The summed E-state index contributed by atoms with van der Waals surface area (Å²) in [6.07, 6.45) is 3.00. The van der Waals surface area contributed by atoms with Gasteiger partial charge in [0.25, 0.3) is 5.91 Å². The second-order valence-electron chi connectivity index (χ2n) is 15.5. The van der Waals surface area contributed by atoms with Crippen LogP contribution in [0.15, 0.2) is 60.0 Å². The van der Waals surface area contributed by atoms with Gasteiger partial charge in [0, 0.05) is 30.4 Å². The monoisotopic (exact) mass is 777 g/mol. The van der Waals surface area contributed by atoms with Crippen molar-refractivity contribution in [2.45, 2.75) is 116 Å². The van der Waals surface area contributed by atoms with Gasteiger partial charge in [-0.1, -0.05) is 89.9 Å². The van der Waals surface area contributed by atoms with Gasteiger partial charge < -0.3 is 30.9 Å². The minimum absolute atomic E-state index is 0.0836. The summed E-state index contributed by atoms with van der Waals surface area (Å²) in [5.41, 5.74) is 1.84. The summed E-state index contributed by atoms with van der Waals surface area (Å²) in [4.78, 5) is 62.0. The lowest BCUT2D eigenvalue weighted by atomic mass is 9.91. The van der Waals surface area contributed by atoms with Crippen molar-refractivity contribution in [2.75, 3.05) is 13.6 Å². The average Bonchev–Trinajstić information content (AvgIpc) is 3.67. The highest BCUT2D eigenvalue weighted by atomic mass is 32.1.